The third-order valence-electron chi connectivity index (χ3n) is 3.21. The topological polar surface area (TPSA) is 65.7 Å². The Morgan fingerprint density at radius 1 is 1.35 bits per heavy atom. The summed E-state index contributed by atoms with van der Waals surface area (Å²) in [5.74, 6) is 6.13. The van der Waals surface area contributed by atoms with E-state index in [4.69, 9.17) is 5.84 Å². The van der Waals surface area contributed by atoms with Gasteiger partial charge in [0.1, 0.15) is 0 Å². The van der Waals surface area contributed by atoms with Crippen molar-refractivity contribution in [3.05, 3.63) is 0 Å². The lowest BCUT2D eigenvalue weighted by Gasteiger charge is -2.31. The molecule has 17 heavy (non-hydrogen) atoms. The lowest BCUT2D eigenvalue weighted by Crippen LogP contribution is -2.44. The molecule has 5 heteroatoms. The molecule has 1 unspecified atom stereocenters. The van der Waals surface area contributed by atoms with Crippen molar-refractivity contribution >= 4 is 5.96 Å². The van der Waals surface area contributed by atoms with Gasteiger partial charge >= 0.3 is 0 Å². The Morgan fingerprint density at radius 2 is 2.06 bits per heavy atom. The van der Waals surface area contributed by atoms with Crippen LogP contribution in [0.2, 0.25) is 0 Å². The van der Waals surface area contributed by atoms with Crippen molar-refractivity contribution in [2.45, 2.75) is 45.6 Å². The Kier molecular flexibility index (Phi) is 6.96. The molecule has 1 aliphatic heterocycles. The smallest absolute Gasteiger partial charge is 0.205 e. The molecule has 0 aromatic carbocycles. The Labute approximate surface area is 105 Å². The first-order valence-corrected chi connectivity index (χ1v) is 6.77. The van der Waals surface area contributed by atoms with Gasteiger partial charge in [0.25, 0.3) is 0 Å². The zero-order valence-corrected chi connectivity index (χ0v) is 11.2. The first-order chi connectivity index (χ1) is 8.27. The van der Waals surface area contributed by atoms with Gasteiger partial charge in [-0.25, -0.2) is 5.84 Å². The third kappa shape index (κ3) is 5.37. The summed E-state index contributed by atoms with van der Waals surface area (Å²) in [6.45, 7) is 8.49. The van der Waals surface area contributed by atoms with Crippen molar-refractivity contribution in [2.24, 2.45) is 10.8 Å². The number of nitrogens with zero attached hydrogens (tertiary/aromatic N) is 2. The summed E-state index contributed by atoms with van der Waals surface area (Å²) in [5, 5.41) is 3.17. The largest absolute Gasteiger partial charge is 0.355 e. The minimum Gasteiger partial charge on any atom is -0.355 e. The fourth-order valence-electron chi connectivity index (χ4n) is 2.09. The molecule has 1 saturated heterocycles. The molecule has 0 saturated carbocycles. The zero-order valence-electron chi connectivity index (χ0n) is 11.2. The highest BCUT2D eigenvalue weighted by atomic mass is 15.3. The van der Waals surface area contributed by atoms with Crippen LogP contribution in [0.25, 0.3) is 0 Å². The van der Waals surface area contributed by atoms with Crippen molar-refractivity contribution < 1.29 is 0 Å². The lowest BCUT2D eigenvalue weighted by molar-refractivity contribution is 0.178. The van der Waals surface area contributed by atoms with Crippen LogP contribution >= 0.6 is 0 Å². The van der Waals surface area contributed by atoms with Gasteiger partial charge in [-0.3, -0.25) is 15.3 Å². The Balaban J connectivity index is 2.32. The summed E-state index contributed by atoms with van der Waals surface area (Å²) in [5.41, 5.74) is 2.62. The van der Waals surface area contributed by atoms with E-state index in [9.17, 15) is 0 Å². The molecule has 4 N–H and O–H groups in total. The van der Waals surface area contributed by atoms with Crippen LogP contribution in [0.5, 0.6) is 0 Å². The monoisotopic (exact) mass is 241 g/mol. The van der Waals surface area contributed by atoms with Gasteiger partial charge in [-0.15, -0.1) is 0 Å². The minimum atomic E-state index is 0.502. The van der Waals surface area contributed by atoms with E-state index >= 15 is 0 Å². The predicted octanol–water partition coefficient (Wildman–Crippen LogP) is 0.680. The van der Waals surface area contributed by atoms with Gasteiger partial charge in [-0.1, -0.05) is 13.3 Å². The second-order valence-corrected chi connectivity index (χ2v) is 4.71. The molecule has 1 heterocycles. The van der Waals surface area contributed by atoms with Crippen LogP contribution in [-0.4, -0.2) is 43.1 Å². The number of likely N-dealkylation sites (tertiary alicyclic amines) is 1. The average molecular weight is 241 g/mol. The van der Waals surface area contributed by atoms with Crippen LogP contribution < -0.4 is 16.6 Å². The molecular weight excluding hydrogens is 214 g/mol. The van der Waals surface area contributed by atoms with Crippen molar-refractivity contribution in [1.29, 1.82) is 0 Å². The van der Waals surface area contributed by atoms with Crippen LogP contribution in [0.15, 0.2) is 4.99 Å². The lowest BCUT2D eigenvalue weighted by atomic mass is 10.1. The maximum Gasteiger partial charge on any atom is 0.205 e. The van der Waals surface area contributed by atoms with Crippen molar-refractivity contribution in [2.75, 3.05) is 26.2 Å². The Hall–Kier alpha value is -0.810. The zero-order chi connectivity index (χ0) is 12.5. The Morgan fingerprint density at radius 3 is 2.65 bits per heavy atom. The standard InChI is InChI=1S/C12H27N5/c1-3-7-14-12(16-13)15-10-11(2)17-8-5-4-6-9-17/h11H,3-10,13H2,1-2H3,(H2,14,15,16). The molecule has 0 amide bonds. The highest BCUT2D eigenvalue weighted by Gasteiger charge is 2.16. The molecule has 0 radical (unpaired) electrons. The number of guanidine groups is 1. The second-order valence-electron chi connectivity index (χ2n) is 4.71. The molecule has 0 aromatic heterocycles. The summed E-state index contributed by atoms with van der Waals surface area (Å²) in [6, 6.07) is 0.502. The van der Waals surface area contributed by atoms with E-state index < -0.39 is 0 Å². The van der Waals surface area contributed by atoms with Gasteiger partial charge in [0.15, 0.2) is 0 Å². The predicted molar refractivity (Wildman–Crippen MR) is 72.8 cm³/mol. The average Bonchev–Trinajstić information content (AvgIpc) is 2.39. The SMILES string of the molecule is CCCNC(=NCC(C)N1CCCCC1)NN. The molecule has 5 nitrogen and oxygen atoms in total. The third-order valence-corrected chi connectivity index (χ3v) is 3.21. The molecule has 100 valence electrons. The first kappa shape index (κ1) is 14.3. The number of hydrazine groups is 1. The number of nitrogens with one attached hydrogen (secondary N) is 2. The van der Waals surface area contributed by atoms with Gasteiger partial charge in [0.05, 0.1) is 6.54 Å². The first-order valence-electron chi connectivity index (χ1n) is 6.77. The molecule has 1 fully saturated rings. The summed E-state index contributed by atoms with van der Waals surface area (Å²) in [4.78, 5) is 7.00. The molecule has 0 spiro atoms. The molecule has 1 rings (SSSR count). The minimum absolute atomic E-state index is 0.502. The maximum absolute atomic E-state index is 5.42. The van der Waals surface area contributed by atoms with Crippen LogP contribution in [0.3, 0.4) is 0 Å². The normalized spacial score (nSPS) is 20.1. The quantitative estimate of drug-likeness (QED) is 0.287. The van der Waals surface area contributed by atoms with Gasteiger partial charge in [-0.05, 0) is 39.3 Å². The molecular formula is C12H27N5. The van der Waals surface area contributed by atoms with Crippen LogP contribution in [0, 0.1) is 0 Å². The molecule has 0 bridgehead atoms. The number of rotatable bonds is 5. The van der Waals surface area contributed by atoms with Crippen LogP contribution in [-0.2, 0) is 0 Å². The summed E-state index contributed by atoms with van der Waals surface area (Å²) in [6.07, 6.45) is 5.09. The van der Waals surface area contributed by atoms with Gasteiger partial charge in [0, 0.05) is 12.6 Å². The maximum atomic E-state index is 5.42. The number of piperidine rings is 1. The van der Waals surface area contributed by atoms with E-state index in [1.165, 1.54) is 32.4 Å². The van der Waals surface area contributed by atoms with E-state index in [0.29, 0.717) is 12.0 Å². The number of hydrogen-bond acceptors (Lipinski definition) is 3. The van der Waals surface area contributed by atoms with E-state index in [1.54, 1.807) is 0 Å². The molecule has 0 aromatic rings. The van der Waals surface area contributed by atoms with E-state index in [1.807, 2.05) is 0 Å². The Bertz CT molecular complexity index is 223. The van der Waals surface area contributed by atoms with Gasteiger partial charge in [-0.2, -0.15) is 0 Å². The number of aliphatic imine (C=N–C) groups is 1. The highest BCUT2D eigenvalue weighted by Crippen LogP contribution is 2.11. The van der Waals surface area contributed by atoms with E-state index in [-0.39, 0.29) is 0 Å². The second kappa shape index (κ2) is 8.31. The fraction of sp³-hybridized carbons (Fsp3) is 0.917. The number of hydrogen-bond donors (Lipinski definition) is 3. The van der Waals surface area contributed by atoms with E-state index in [0.717, 1.165) is 19.5 Å². The summed E-state index contributed by atoms with van der Waals surface area (Å²) < 4.78 is 0. The van der Waals surface area contributed by atoms with Gasteiger partial charge < -0.3 is 5.32 Å². The molecule has 0 aliphatic carbocycles. The van der Waals surface area contributed by atoms with Crippen LogP contribution in [0.1, 0.15) is 39.5 Å². The highest BCUT2D eigenvalue weighted by molar-refractivity contribution is 5.79. The summed E-state index contributed by atoms with van der Waals surface area (Å²) in [7, 11) is 0. The van der Waals surface area contributed by atoms with Gasteiger partial charge in [0.2, 0.25) is 5.96 Å². The molecule has 1 aliphatic rings. The van der Waals surface area contributed by atoms with E-state index in [2.05, 4.69) is 34.5 Å². The van der Waals surface area contributed by atoms with Crippen molar-refractivity contribution in [1.82, 2.24) is 15.6 Å². The van der Waals surface area contributed by atoms with Crippen molar-refractivity contribution in [3.63, 3.8) is 0 Å². The summed E-state index contributed by atoms with van der Waals surface area (Å²) >= 11 is 0. The van der Waals surface area contributed by atoms with Crippen molar-refractivity contribution in [3.8, 4) is 0 Å². The molecule has 1 atom stereocenters. The fourth-order valence-corrected chi connectivity index (χ4v) is 2.09. The van der Waals surface area contributed by atoms with Crippen LogP contribution in [0.4, 0.5) is 0 Å². The number of nitrogens with two attached hydrogens (primary N) is 1.